The van der Waals surface area contributed by atoms with E-state index in [0.29, 0.717) is 18.5 Å². The zero-order valence-corrected chi connectivity index (χ0v) is 16.7. The van der Waals surface area contributed by atoms with Crippen molar-refractivity contribution in [1.82, 2.24) is 15.6 Å². The number of nitrogens with one attached hydrogen (secondary N) is 2. The summed E-state index contributed by atoms with van der Waals surface area (Å²) in [6.07, 6.45) is 8.47. The van der Waals surface area contributed by atoms with E-state index < -0.39 is 0 Å². The fourth-order valence-electron chi connectivity index (χ4n) is 2.65. The van der Waals surface area contributed by atoms with Crippen LogP contribution in [-0.2, 0) is 6.54 Å². The molecule has 130 valence electrons. The predicted octanol–water partition coefficient (Wildman–Crippen LogP) is 3.48. The second kappa shape index (κ2) is 10.7. The van der Waals surface area contributed by atoms with E-state index in [0.717, 1.165) is 11.5 Å². The zero-order valence-electron chi connectivity index (χ0n) is 14.3. The molecule has 1 aliphatic carbocycles. The molecular formula is C17H29IN4O. The van der Waals surface area contributed by atoms with Gasteiger partial charge in [0.25, 0.3) is 0 Å². The number of guanidine groups is 1. The van der Waals surface area contributed by atoms with Crippen LogP contribution in [-0.4, -0.2) is 30.1 Å². The van der Waals surface area contributed by atoms with Crippen LogP contribution in [0.15, 0.2) is 23.3 Å². The second-order valence-electron chi connectivity index (χ2n) is 6.08. The Morgan fingerprint density at radius 2 is 2.04 bits per heavy atom. The van der Waals surface area contributed by atoms with Crippen molar-refractivity contribution in [1.29, 1.82) is 0 Å². The summed E-state index contributed by atoms with van der Waals surface area (Å²) < 4.78 is 5.55. The molecule has 0 radical (unpaired) electrons. The largest absolute Gasteiger partial charge is 0.475 e. The molecule has 1 fully saturated rings. The van der Waals surface area contributed by atoms with Gasteiger partial charge in [-0.15, -0.1) is 24.0 Å². The van der Waals surface area contributed by atoms with Crippen LogP contribution in [0, 0.1) is 0 Å². The Labute approximate surface area is 156 Å². The highest BCUT2D eigenvalue weighted by Crippen LogP contribution is 2.17. The van der Waals surface area contributed by atoms with E-state index in [2.05, 4.69) is 20.6 Å². The first kappa shape index (κ1) is 20.0. The number of hydrogen-bond donors (Lipinski definition) is 2. The van der Waals surface area contributed by atoms with E-state index >= 15 is 0 Å². The fraction of sp³-hybridized carbons (Fsp3) is 0.647. The van der Waals surface area contributed by atoms with Crippen LogP contribution in [0.2, 0.25) is 0 Å². The summed E-state index contributed by atoms with van der Waals surface area (Å²) in [4.78, 5) is 8.62. The summed E-state index contributed by atoms with van der Waals surface area (Å²) in [5.41, 5.74) is 1.11. The molecule has 0 aromatic carbocycles. The maximum absolute atomic E-state index is 5.55. The normalized spacial score (nSPS) is 15.9. The number of hydrogen-bond acceptors (Lipinski definition) is 3. The van der Waals surface area contributed by atoms with Crippen molar-refractivity contribution >= 4 is 29.9 Å². The number of ether oxygens (including phenoxy) is 1. The lowest BCUT2D eigenvalue weighted by Gasteiger charge is -2.24. The van der Waals surface area contributed by atoms with Gasteiger partial charge in [0, 0.05) is 31.9 Å². The molecule has 1 heterocycles. The van der Waals surface area contributed by atoms with Gasteiger partial charge in [0.1, 0.15) is 0 Å². The first-order chi connectivity index (χ1) is 10.7. The van der Waals surface area contributed by atoms with Crippen molar-refractivity contribution in [3.05, 3.63) is 23.9 Å². The molecule has 1 aromatic rings. The van der Waals surface area contributed by atoms with Gasteiger partial charge in [-0.3, -0.25) is 4.99 Å². The van der Waals surface area contributed by atoms with E-state index in [1.165, 1.54) is 32.1 Å². The lowest BCUT2D eigenvalue weighted by Crippen LogP contribution is -2.43. The maximum Gasteiger partial charge on any atom is 0.213 e. The third kappa shape index (κ3) is 7.37. The van der Waals surface area contributed by atoms with E-state index in [9.17, 15) is 0 Å². The number of halogens is 1. The Kier molecular flexibility index (Phi) is 9.28. The van der Waals surface area contributed by atoms with Gasteiger partial charge < -0.3 is 15.4 Å². The van der Waals surface area contributed by atoms with Crippen LogP contribution in [0.5, 0.6) is 5.88 Å². The van der Waals surface area contributed by atoms with Gasteiger partial charge in [0.2, 0.25) is 5.88 Å². The minimum absolute atomic E-state index is 0. The van der Waals surface area contributed by atoms with E-state index in [4.69, 9.17) is 4.74 Å². The Bertz CT molecular complexity index is 470. The van der Waals surface area contributed by atoms with Crippen LogP contribution in [0.1, 0.15) is 51.5 Å². The first-order valence-electron chi connectivity index (χ1n) is 8.26. The van der Waals surface area contributed by atoms with E-state index in [-0.39, 0.29) is 30.1 Å². The molecule has 1 saturated carbocycles. The summed E-state index contributed by atoms with van der Waals surface area (Å²) in [5.74, 6) is 1.54. The summed E-state index contributed by atoms with van der Waals surface area (Å²) in [7, 11) is 1.82. The van der Waals surface area contributed by atoms with Gasteiger partial charge in [0.15, 0.2) is 5.96 Å². The minimum Gasteiger partial charge on any atom is -0.475 e. The molecule has 0 amide bonds. The molecule has 23 heavy (non-hydrogen) atoms. The van der Waals surface area contributed by atoms with Crippen molar-refractivity contribution in [3.8, 4) is 5.88 Å². The Morgan fingerprint density at radius 3 is 2.61 bits per heavy atom. The summed E-state index contributed by atoms with van der Waals surface area (Å²) in [6.45, 7) is 4.71. The van der Waals surface area contributed by atoms with Crippen LogP contribution in [0.4, 0.5) is 0 Å². The second-order valence-corrected chi connectivity index (χ2v) is 6.08. The maximum atomic E-state index is 5.55. The van der Waals surface area contributed by atoms with Crippen LogP contribution < -0.4 is 15.4 Å². The van der Waals surface area contributed by atoms with Crippen molar-refractivity contribution in [2.75, 3.05) is 7.05 Å². The monoisotopic (exact) mass is 432 g/mol. The number of pyridine rings is 1. The van der Waals surface area contributed by atoms with E-state index in [1.807, 2.05) is 39.2 Å². The van der Waals surface area contributed by atoms with Gasteiger partial charge in [-0.05, 0) is 32.3 Å². The molecule has 6 heteroatoms. The minimum atomic E-state index is 0. The molecule has 0 bridgehead atoms. The molecule has 1 aromatic heterocycles. The smallest absolute Gasteiger partial charge is 0.213 e. The molecule has 0 atom stereocenters. The van der Waals surface area contributed by atoms with Gasteiger partial charge in [-0.1, -0.05) is 25.3 Å². The number of nitrogens with zero attached hydrogens (tertiary/aromatic N) is 2. The number of aromatic nitrogens is 1. The van der Waals surface area contributed by atoms with Crippen molar-refractivity contribution in [2.24, 2.45) is 4.99 Å². The average molecular weight is 432 g/mol. The molecule has 0 aliphatic heterocycles. The third-order valence-electron chi connectivity index (χ3n) is 3.78. The molecular weight excluding hydrogens is 403 g/mol. The van der Waals surface area contributed by atoms with Crippen molar-refractivity contribution in [2.45, 2.75) is 64.6 Å². The van der Waals surface area contributed by atoms with Gasteiger partial charge in [-0.25, -0.2) is 4.98 Å². The highest BCUT2D eigenvalue weighted by atomic mass is 127. The fourth-order valence-corrected chi connectivity index (χ4v) is 2.65. The molecule has 0 spiro atoms. The van der Waals surface area contributed by atoms with Gasteiger partial charge in [-0.2, -0.15) is 0 Å². The Morgan fingerprint density at radius 1 is 1.30 bits per heavy atom. The highest BCUT2D eigenvalue weighted by molar-refractivity contribution is 14.0. The van der Waals surface area contributed by atoms with Gasteiger partial charge >= 0.3 is 0 Å². The number of aliphatic imine (C=N–C) groups is 1. The lowest BCUT2D eigenvalue weighted by molar-refractivity contribution is 0.232. The zero-order chi connectivity index (χ0) is 15.8. The van der Waals surface area contributed by atoms with Crippen molar-refractivity contribution < 1.29 is 4.74 Å². The predicted molar refractivity (Wildman–Crippen MR) is 106 cm³/mol. The molecule has 0 saturated heterocycles. The Hall–Kier alpha value is -1.05. The van der Waals surface area contributed by atoms with Crippen LogP contribution >= 0.6 is 24.0 Å². The van der Waals surface area contributed by atoms with Crippen molar-refractivity contribution in [3.63, 3.8) is 0 Å². The van der Waals surface area contributed by atoms with Crippen LogP contribution in [0.25, 0.3) is 0 Å². The molecule has 2 N–H and O–H groups in total. The third-order valence-corrected chi connectivity index (χ3v) is 3.78. The van der Waals surface area contributed by atoms with Gasteiger partial charge in [0.05, 0.1) is 6.10 Å². The molecule has 5 nitrogen and oxygen atoms in total. The molecule has 1 aliphatic rings. The topological polar surface area (TPSA) is 58.5 Å². The summed E-state index contributed by atoms with van der Waals surface area (Å²) >= 11 is 0. The van der Waals surface area contributed by atoms with Crippen LogP contribution in [0.3, 0.4) is 0 Å². The quantitative estimate of drug-likeness (QED) is 0.425. The Balaban J connectivity index is 0.00000264. The molecule has 2 rings (SSSR count). The average Bonchev–Trinajstić information content (AvgIpc) is 2.53. The highest BCUT2D eigenvalue weighted by Gasteiger charge is 2.14. The standard InChI is InChI=1S/C17H28N4O.HI/c1-13(2)22-16-10-9-14(11-19-16)12-20-17(18-3)21-15-7-5-4-6-8-15;/h9-11,13,15H,4-8,12H2,1-3H3,(H2,18,20,21);1H. The molecule has 0 unspecified atom stereocenters. The number of rotatable bonds is 5. The summed E-state index contributed by atoms with van der Waals surface area (Å²) in [6, 6.07) is 4.50. The SMILES string of the molecule is CN=C(NCc1ccc(OC(C)C)nc1)NC1CCCCC1.I. The van der Waals surface area contributed by atoms with E-state index in [1.54, 1.807) is 0 Å². The first-order valence-corrected chi connectivity index (χ1v) is 8.26. The summed E-state index contributed by atoms with van der Waals surface area (Å²) in [5, 5.41) is 6.86. The lowest BCUT2D eigenvalue weighted by atomic mass is 9.96.